The van der Waals surface area contributed by atoms with Crippen molar-refractivity contribution >= 4 is 28.2 Å². The minimum absolute atomic E-state index is 0.0849. The molecule has 5 nitrogen and oxygen atoms in total. The number of fused-ring (bicyclic) bond motifs is 1. The number of thiazole rings is 1. The zero-order valence-corrected chi connectivity index (χ0v) is 14.5. The largest absolute Gasteiger partial charge is 0.356 e. The Labute approximate surface area is 138 Å². The van der Waals surface area contributed by atoms with E-state index >= 15 is 0 Å². The van der Waals surface area contributed by atoms with Gasteiger partial charge in [-0.05, 0) is 44.9 Å². The van der Waals surface area contributed by atoms with Crippen LogP contribution in [0.15, 0.2) is 22.0 Å². The Bertz CT molecular complexity index is 866. The fourth-order valence-corrected chi connectivity index (χ4v) is 3.44. The highest BCUT2D eigenvalue weighted by Gasteiger charge is 2.17. The molecule has 0 aliphatic carbocycles. The number of hydrogen-bond donors (Lipinski definition) is 1. The summed E-state index contributed by atoms with van der Waals surface area (Å²) in [5.41, 5.74) is 4.49. The number of aryl methyl sites for hydroxylation is 3. The lowest BCUT2D eigenvalue weighted by Gasteiger charge is -2.11. The lowest BCUT2D eigenvalue weighted by atomic mass is 10.0. The summed E-state index contributed by atoms with van der Waals surface area (Å²) in [4.78, 5) is 16.7. The van der Waals surface area contributed by atoms with Crippen LogP contribution in [-0.4, -0.2) is 16.0 Å². The average molecular weight is 329 g/mol. The quantitative estimate of drug-likeness (QED) is 0.793. The molecule has 1 amide bonds. The fourth-order valence-electron chi connectivity index (χ4n) is 2.74. The molecule has 1 N–H and O–H groups in total. The minimum atomic E-state index is -0.117. The molecule has 23 heavy (non-hydrogen) atoms. The summed E-state index contributed by atoms with van der Waals surface area (Å²) in [7, 11) is 0. The van der Waals surface area contributed by atoms with E-state index < -0.39 is 0 Å². The highest BCUT2D eigenvalue weighted by molar-refractivity contribution is 7.09. The molecule has 1 aromatic carbocycles. The summed E-state index contributed by atoms with van der Waals surface area (Å²) in [5.74, 6) is -0.0849. The van der Waals surface area contributed by atoms with Crippen molar-refractivity contribution in [3.05, 3.63) is 45.0 Å². The average Bonchev–Trinajstić information content (AvgIpc) is 3.05. The Morgan fingerprint density at radius 2 is 2.13 bits per heavy atom. The van der Waals surface area contributed by atoms with E-state index in [4.69, 9.17) is 4.52 Å². The summed E-state index contributed by atoms with van der Waals surface area (Å²) >= 11 is 1.58. The molecule has 3 aromatic rings. The van der Waals surface area contributed by atoms with Gasteiger partial charge in [-0.15, -0.1) is 11.3 Å². The van der Waals surface area contributed by atoms with Crippen molar-refractivity contribution in [1.29, 1.82) is 0 Å². The maximum atomic E-state index is 12.3. The summed E-state index contributed by atoms with van der Waals surface area (Å²) in [6.45, 7) is 7.91. The third kappa shape index (κ3) is 3.27. The van der Waals surface area contributed by atoms with Gasteiger partial charge in [-0.1, -0.05) is 11.2 Å². The van der Waals surface area contributed by atoms with Crippen molar-refractivity contribution < 1.29 is 9.32 Å². The predicted molar refractivity (Wildman–Crippen MR) is 90.6 cm³/mol. The van der Waals surface area contributed by atoms with Gasteiger partial charge in [0.25, 0.3) is 0 Å². The predicted octanol–water partition coefficient (Wildman–Crippen LogP) is 3.63. The molecule has 0 fully saturated rings. The maximum Gasteiger partial charge on any atom is 0.226 e. The second-order valence-electron chi connectivity index (χ2n) is 5.84. The number of benzene rings is 1. The molecule has 0 spiro atoms. The fraction of sp³-hybridized carbons (Fsp3) is 0.353. The summed E-state index contributed by atoms with van der Waals surface area (Å²) in [5, 5.41) is 10.9. The van der Waals surface area contributed by atoms with Gasteiger partial charge >= 0.3 is 0 Å². The Morgan fingerprint density at radius 3 is 2.83 bits per heavy atom. The molecule has 1 unspecified atom stereocenters. The number of carbonyl (C=O) groups is 1. The van der Waals surface area contributed by atoms with Crippen molar-refractivity contribution in [2.75, 3.05) is 0 Å². The molecule has 2 heterocycles. The van der Waals surface area contributed by atoms with Gasteiger partial charge in [-0.2, -0.15) is 0 Å². The topological polar surface area (TPSA) is 68.0 Å². The van der Waals surface area contributed by atoms with E-state index in [-0.39, 0.29) is 18.4 Å². The lowest BCUT2D eigenvalue weighted by molar-refractivity contribution is -0.121. The number of nitrogens with one attached hydrogen (secondary N) is 1. The van der Waals surface area contributed by atoms with Crippen LogP contribution in [0.1, 0.15) is 40.5 Å². The summed E-state index contributed by atoms with van der Waals surface area (Å²) < 4.78 is 5.36. The van der Waals surface area contributed by atoms with Crippen LogP contribution in [0.4, 0.5) is 0 Å². The van der Waals surface area contributed by atoms with Crippen LogP contribution < -0.4 is 5.32 Å². The molecule has 6 heteroatoms. The standard InChI is InChI=1S/C17H19N3O2S/c1-9-5-10(2)17-13(20-22-15(17)6-9)7-16(21)18-11(3)14-8-23-12(4)19-14/h5-6,8,11H,7H2,1-4H3,(H,18,21). The molecule has 0 radical (unpaired) electrons. The highest BCUT2D eigenvalue weighted by atomic mass is 32.1. The summed E-state index contributed by atoms with van der Waals surface area (Å²) in [6, 6.07) is 3.90. The van der Waals surface area contributed by atoms with Gasteiger partial charge in [0.05, 0.1) is 23.2 Å². The number of nitrogens with zero attached hydrogens (tertiary/aromatic N) is 2. The van der Waals surface area contributed by atoms with Gasteiger partial charge in [0, 0.05) is 10.8 Å². The summed E-state index contributed by atoms with van der Waals surface area (Å²) in [6.07, 6.45) is 0.199. The van der Waals surface area contributed by atoms with E-state index in [0.29, 0.717) is 5.69 Å². The van der Waals surface area contributed by atoms with Gasteiger partial charge in [0.2, 0.25) is 5.91 Å². The molecular weight excluding hydrogens is 310 g/mol. The van der Waals surface area contributed by atoms with Crippen LogP contribution in [0.5, 0.6) is 0 Å². The van der Waals surface area contributed by atoms with Gasteiger partial charge in [-0.25, -0.2) is 4.98 Å². The zero-order chi connectivity index (χ0) is 16.6. The Balaban J connectivity index is 1.75. The first-order valence-electron chi connectivity index (χ1n) is 7.51. The van der Waals surface area contributed by atoms with Gasteiger partial charge in [0.1, 0.15) is 5.69 Å². The smallest absolute Gasteiger partial charge is 0.226 e. The van der Waals surface area contributed by atoms with Crippen molar-refractivity contribution in [3.8, 4) is 0 Å². The first-order chi connectivity index (χ1) is 10.9. The third-order valence-electron chi connectivity index (χ3n) is 3.77. The number of aromatic nitrogens is 2. The van der Waals surface area contributed by atoms with Crippen molar-refractivity contribution in [3.63, 3.8) is 0 Å². The molecule has 0 aliphatic rings. The maximum absolute atomic E-state index is 12.3. The van der Waals surface area contributed by atoms with E-state index in [1.165, 1.54) is 0 Å². The van der Waals surface area contributed by atoms with E-state index in [9.17, 15) is 4.79 Å². The van der Waals surface area contributed by atoms with Crippen molar-refractivity contribution in [2.24, 2.45) is 0 Å². The molecule has 0 bridgehead atoms. The molecule has 120 valence electrons. The molecule has 2 aromatic heterocycles. The van der Waals surface area contributed by atoms with E-state index in [2.05, 4.69) is 21.5 Å². The third-order valence-corrected chi connectivity index (χ3v) is 4.56. The monoisotopic (exact) mass is 329 g/mol. The molecular formula is C17H19N3O2S. The van der Waals surface area contributed by atoms with Crippen molar-refractivity contribution in [1.82, 2.24) is 15.5 Å². The normalized spacial score (nSPS) is 12.5. The minimum Gasteiger partial charge on any atom is -0.356 e. The Kier molecular flexibility index (Phi) is 4.17. The van der Waals surface area contributed by atoms with E-state index in [1.807, 2.05) is 39.1 Å². The molecule has 0 aliphatic heterocycles. The molecule has 1 atom stereocenters. The van der Waals surface area contributed by atoms with Gasteiger partial charge in [0.15, 0.2) is 5.58 Å². The van der Waals surface area contributed by atoms with Crippen LogP contribution >= 0.6 is 11.3 Å². The van der Waals surface area contributed by atoms with Crippen LogP contribution in [0.2, 0.25) is 0 Å². The van der Waals surface area contributed by atoms with Crippen LogP contribution in [0.25, 0.3) is 11.0 Å². The number of rotatable bonds is 4. The van der Waals surface area contributed by atoms with E-state index in [1.54, 1.807) is 11.3 Å². The van der Waals surface area contributed by atoms with E-state index in [0.717, 1.165) is 32.8 Å². The number of hydrogen-bond acceptors (Lipinski definition) is 5. The Morgan fingerprint density at radius 1 is 1.35 bits per heavy atom. The second kappa shape index (κ2) is 6.12. The number of carbonyl (C=O) groups excluding carboxylic acids is 1. The van der Waals surface area contributed by atoms with Gasteiger partial charge < -0.3 is 9.84 Å². The van der Waals surface area contributed by atoms with Crippen LogP contribution in [0.3, 0.4) is 0 Å². The number of amides is 1. The first kappa shape index (κ1) is 15.7. The molecule has 0 saturated carbocycles. The Hall–Kier alpha value is -2.21. The lowest BCUT2D eigenvalue weighted by Crippen LogP contribution is -2.28. The molecule has 3 rings (SSSR count). The van der Waals surface area contributed by atoms with Crippen molar-refractivity contribution in [2.45, 2.75) is 40.2 Å². The first-order valence-corrected chi connectivity index (χ1v) is 8.39. The highest BCUT2D eigenvalue weighted by Crippen LogP contribution is 2.24. The SMILES string of the molecule is Cc1cc(C)c2c(CC(=O)NC(C)c3csc(C)n3)noc2c1. The zero-order valence-electron chi connectivity index (χ0n) is 13.6. The second-order valence-corrected chi connectivity index (χ2v) is 6.90. The molecule has 0 saturated heterocycles. The van der Waals surface area contributed by atoms with Crippen LogP contribution in [-0.2, 0) is 11.2 Å². The van der Waals surface area contributed by atoms with Crippen LogP contribution in [0, 0.1) is 20.8 Å². The van der Waals surface area contributed by atoms with Gasteiger partial charge in [-0.3, -0.25) is 4.79 Å².